The molecule has 0 amide bonds. The Morgan fingerprint density at radius 1 is 1.45 bits per heavy atom. The lowest BCUT2D eigenvalue weighted by molar-refractivity contribution is 0.0600. The third-order valence-corrected chi connectivity index (χ3v) is 3.74. The predicted molar refractivity (Wildman–Crippen MR) is 72.4 cm³/mol. The van der Waals surface area contributed by atoms with E-state index in [1.807, 2.05) is 12.3 Å². The van der Waals surface area contributed by atoms with E-state index in [-0.39, 0.29) is 5.97 Å². The third kappa shape index (κ3) is 2.59. The maximum Gasteiger partial charge on any atom is 0.341 e. The lowest BCUT2D eigenvalue weighted by Crippen LogP contribution is -2.07. The van der Waals surface area contributed by atoms with E-state index in [1.165, 1.54) is 39.0 Å². The summed E-state index contributed by atoms with van der Waals surface area (Å²) in [7, 11) is 1.36. The van der Waals surface area contributed by atoms with Gasteiger partial charge in [0.15, 0.2) is 0 Å². The minimum absolute atomic E-state index is 0.368. The number of nitrogens with zero attached hydrogens (tertiary/aromatic N) is 4. The van der Waals surface area contributed by atoms with Crippen LogP contribution in [0.3, 0.4) is 0 Å². The summed E-state index contributed by atoms with van der Waals surface area (Å²) in [5, 5.41) is 8.76. The fourth-order valence-corrected chi connectivity index (χ4v) is 2.67. The Kier molecular flexibility index (Phi) is 3.54. The van der Waals surface area contributed by atoms with E-state index in [0.29, 0.717) is 18.2 Å². The molecule has 20 heavy (non-hydrogen) atoms. The van der Waals surface area contributed by atoms with Crippen LogP contribution >= 0.6 is 0 Å². The van der Waals surface area contributed by atoms with Gasteiger partial charge < -0.3 is 4.74 Å². The van der Waals surface area contributed by atoms with E-state index in [2.05, 4.69) is 19.6 Å². The van der Waals surface area contributed by atoms with E-state index in [1.54, 1.807) is 10.9 Å². The molecular formula is C14H18N4O2. The second kappa shape index (κ2) is 5.48. The molecule has 0 radical (unpaired) electrons. The highest BCUT2D eigenvalue weighted by atomic mass is 16.5. The van der Waals surface area contributed by atoms with Gasteiger partial charge in [0.25, 0.3) is 0 Å². The van der Waals surface area contributed by atoms with E-state index in [0.717, 1.165) is 5.69 Å². The van der Waals surface area contributed by atoms with Crippen molar-refractivity contribution in [1.29, 1.82) is 0 Å². The van der Waals surface area contributed by atoms with Crippen molar-refractivity contribution >= 4 is 5.97 Å². The van der Waals surface area contributed by atoms with Gasteiger partial charge in [-0.25, -0.2) is 4.79 Å². The number of methoxy groups -OCH3 is 1. The van der Waals surface area contributed by atoms with Crippen molar-refractivity contribution in [1.82, 2.24) is 19.6 Å². The molecule has 0 unspecified atom stereocenters. The van der Waals surface area contributed by atoms with Crippen LogP contribution in [0.25, 0.3) is 0 Å². The van der Waals surface area contributed by atoms with E-state index in [4.69, 9.17) is 0 Å². The first-order chi connectivity index (χ1) is 9.76. The molecule has 0 aromatic carbocycles. The van der Waals surface area contributed by atoms with Crippen molar-refractivity contribution in [3.63, 3.8) is 0 Å². The minimum atomic E-state index is -0.368. The quantitative estimate of drug-likeness (QED) is 0.800. The van der Waals surface area contributed by atoms with Crippen LogP contribution in [0, 0.1) is 0 Å². The summed E-state index contributed by atoms with van der Waals surface area (Å²) < 4.78 is 8.42. The van der Waals surface area contributed by atoms with Crippen LogP contribution in [-0.2, 0) is 11.3 Å². The highest BCUT2D eigenvalue weighted by molar-refractivity contribution is 5.88. The van der Waals surface area contributed by atoms with Gasteiger partial charge in [0, 0.05) is 12.4 Å². The topological polar surface area (TPSA) is 61.9 Å². The molecule has 0 saturated heterocycles. The van der Waals surface area contributed by atoms with Crippen LogP contribution in [0.5, 0.6) is 0 Å². The lowest BCUT2D eigenvalue weighted by Gasteiger charge is -2.08. The number of rotatable bonds is 4. The molecule has 1 saturated carbocycles. The van der Waals surface area contributed by atoms with Crippen LogP contribution in [-0.4, -0.2) is 32.6 Å². The number of aromatic nitrogens is 4. The second-order valence-corrected chi connectivity index (χ2v) is 5.14. The molecule has 0 aliphatic heterocycles. The number of ether oxygens (including phenoxy) is 1. The highest BCUT2D eigenvalue weighted by Crippen LogP contribution is 2.28. The summed E-state index contributed by atoms with van der Waals surface area (Å²) in [6.07, 6.45) is 10.3. The van der Waals surface area contributed by atoms with Crippen molar-refractivity contribution in [3.8, 4) is 0 Å². The molecule has 0 bridgehead atoms. The molecule has 2 aromatic rings. The fraction of sp³-hybridized carbons (Fsp3) is 0.500. The van der Waals surface area contributed by atoms with Gasteiger partial charge in [0.1, 0.15) is 0 Å². The number of carbonyl (C=O) groups is 1. The molecule has 1 fully saturated rings. The summed E-state index contributed by atoms with van der Waals surface area (Å²) in [5.74, 6) is -0.368. The molecule has 2 heterocycles. The number of esters is 1. The maximum absolute atomic E-state index is 11.4. The lowest BCUT2D eigenvalue weighted by atomic mass is 10.3. The molecule has 1 aliphatic rings. The zero-order chi connectivity index (χ0) is 13.9. The van der Waals surface area contributed by atoms with Crippen LogP contribution in [0.2, 0.25) is 0 Å². The van der Waals surface area contributed by atoms with Gasteiger partial charge in [-0.2, -0.15) is 10.2 Å². The van der Waals surface area contributed by atoms with E-state index in [9.17, 15) is 4.79 Å². The van der Waals surface area contributed by atoms with Gasteiger partial charge in [-0.15, -0.1) is 0 Å². The van der Waals surface area contributed by atoms with Gasteiger partial charge in [-0.05, 0) is 18.9 Å². The van der Waals surface area contributed by atoms with Crippen LogP contribution < -0.4 is 0 Å². The molecular weight excluding hydrogens is 256 g/mol. The number of hydrogen-bond donors (Lipinski definition) is 0. The maximum atomic E-state index is 11.4. The Morgan fingerprint density at radius 2 is 2.25 bits per heavy atom. The van der Waals surface area contributed by atoms with Crippen molar-refractivity contribution in [2.24, 2.45) is 0 Å². The average molecular weight is 274 g/mol. The van der Waals surface area contributed by atoms with Gasteiger partial charge in [-0.3, -0.25) is 9.36 Å². The van der Waals surface area contributed by atoms with Gasteiger partial charge in [-0.1, -0.05) is 12.8 Å². The Labute approximate surface area is 117 Å². The molecule has 0 N–H and O–H groups in total. The van der Waals surface area contributed by atoms with Crippen molar-refractivity contribution in [2.75, 3.05) is 7.11 Å². The smallest absolute Gasteiger partial charge is 0.341 e. The highest BCUT2D eigenvalue weighted by Gasteiger charge is 2.17. The molecule has 6 heteroatoms. The zero-order valence-corrected chi connectivity index (χ0v) is 11.5. The summed E-state index contributed by atoms with van der Waals surface area (Å²) in [6.45, 7) is 0.566. The summed E-state index contributed by atoms with van der Waals surface area (Å²) in [5.41, 5.74) is 1.42. The molecule has 0 atom stereocenters. The SMILES string of the molecule is COC(=O)c1cnn(Cc2ccn(C3CCCC3)n2)c1. The largest absolute Gasteiger partial charge is 0.465 e. The van der Waals surface area contributed by atoms with Crippen molar-refractivity contribution in [2.45, 2.75) is 38.3 Å². The zero-order valence-electron chi connectivity index (χ0n) is 11.5. The van der Waals surface area contributed by atoms with Crippen molar-refractivity contribution < 1.29 is 9.53 Å². The molecule has 1 aliphatic carbocycles. The molecule has 0 spiro atoms. The van der Waals surface area contributed by atoms with Crippen molar-refractivity contribution in [3.05, 3.63) is 35.9 Å². The summed E-state index contributed by atoms with van der Waals surface area (Å²) >= 11 is 0. The fourth-order valence-electron chi connectivity index (χ4n) is 2.67. The standard InChI is InChI=1S/C14H18N4O2/c1-20-14(19)11-8-15-17(9-11)10-12-6-7-18(16-12)13-4-2-3-5-13/h6-9,13H,2-5,10H2,1H3. The predicted octanol–water partition coefficient (Wildman–Crippen LogP) is 2.03. The Bertz CT molecular complexity index is 596. The summed E-state index contributed by atoms with van der Waals surface area (Å²) in [6, 6.07) is 2.56. The average Bonchev–Trinajstić information content (AvgIpc) is 3.19. The van der Waals surface area contributed by atoms with Crippen LogP contribution in [0.4, 0.5) is 0 Å². The first kappa shape index (κ1) is 12.9. The van der Waals surface area contributed by atoms with Gasteiger partial charge in [0.05, 0.1) is 37.2 Å². The first-order valence-electron chi connectivity index (χ1n) is 6.91. The van der Waals surface area contributed by atoms with Crippen LogP contribution in [0.15, 0.2) is 24.7 Å². The Balaban J connectivity index is 1.68. The molecule has 6 nitrogen and oxygen atoms in total. The van der Waals surface area contributed by atoms with E-state index >= 15 is 0 Å². The Hall–Kier alpha value is -2.11. The Morgan fingerprint density at radius 3 is 3.00 bits per heavy atom. The first-order valence-corrected chi connectivity index (χ1v) is 6.91. The normalized spacial score (nSPS) is 15.7. The number of hydrogen-bond acceptors (Lipinski definition) is 4. The molecule has 3 rings (SSSR count). The molecule has 106 valence electrons. The van der Waals surface area contributed by atoms with E-state index < -0.39 is 0 Å². The van der Waals surface area contributed by atoms with Gasteiger partial charge >= 0.3 is 5.97 Å². The second-order valence-electron chi connectivity index (χ2n) is 5.14. The monoisotopic (exact) mass is 274 g/mol. The van der Waals surface area contributed by atoms with Gasteiger partial charge in [0.2, 0.25) is 0 Å². The number of carbonyl (C=O) groups excluding carboxylic acids is 1. The molecule has 2 aromatic heterocycles. The minimum Gasteiger partial charge on any atom is -0.465 e. The summed E-state index contributed by atoms with van der Waals surface area (Å²) in [4.78, 5) is 11.4. The van der Waals surface area contributed by atoms with Crippen LogP contribution in [0.1, 0.15) is 47.8 Å². The third-order valence-electron chi connectivity index (χ3n) is 3.74.